The highest BCUT2D eigenvalue weighted by Gasteiger charge is 2.13. The van der Waals surface area contributed by atoms with Gasteiger partial charge < -0.3 is 10.8 Å². The lowest BCUT2D eigenvalue weighted by Crippen LogP contribution is -2.36. The van der Waals surface area contributed by atoms with Crippen LogP contribution in [0.1, 0.15) is 30.4 Å². The average molecular weight is 379 g/mol. The molecule has 0 aliphatic rings. The second kappa shape index (κ2) is 10.4. The summed E-state index contributed by atoms with van der Waals surface area (Å²) in [6.45, 7) is 0. The number of benzene rings is 1. The summed E-state index contributed by atoms with van der Waals surface area (Å²) < 4.78 is 0. The van der Waals surface area contributed by atoms with E-state index in [1.54, 1.807) is 24.7 Å². The van der Waals surface area contributed by atoms with Gasteiger partial charge in [-0.15, -0.1) is 4.99 Å². The van der Waals surface area contributed by atoms with Crippen LogP contribution >= 0.6 is 0 Å². The fourth-order valence-electron chi connectivity index (χ4n) is 2.65. The van der Waals surface area contributed by atoms with E-state index in [1.165, 1.54) is 12.2 Å². The molecule has 0 amide bonds. The number of aromatic nitrogens is 1. The molecular formula is C20H21N5O3. The van der Waals surface area contributed by atoms with Gasteiger partial charge in [0, 0.05) is 24.4 Å². The van der Waals surface area contributed by atoms with Crippen LogP contribution in [0, 0.1) is 11.5 Å². The van der Waals surface area contributed by atoms with E-state index in [0.29, 0.717) is 18.5 Å². The van der Waals surface area contributed by atoms with Crippen molar-refractivity contribution in [2.75, 3.05) is 12.2 Å². The number of carbonyl (C=O) groups is 1. The zero-order valence-electron chi connectivity index (χ0n) is 15.4. The van der Waals surface area contributed by atoms with Crippen molar-refractivity contribution in [3.63, 3.8) is 0 Å². The Morgan fingerprint density at radius 3 is 2.82 bits per heavy atom. The summed E-state index contributed by atoms with van der Waals surface area (Å²) in [5.74, 6) is -0.906. The van der Waals surface area contributed by atoms with E-state index >= 15 is 0 Å². The Morgan fingerprint density at radius 1 is 1.39 bits per heavy atom. The molecule has 0 saturated heterocycles. The van der Waals surface area contributed by atoms with E-state index in [9.17, 15) is 4.79 Å². The molecule has 3 N–H and O–H groups in total. The maximum Gasteiger partial charge on any atom is 0.303 e. The molecule has 0 radical (unpaired) electrons. The smallest absolute Gasteiger partial charge is 0.303 e. The lowest BCUT2D eigenvalue weighted by atomic mass is 9.97. The number of hydroxylamine groups is 1. The number of carboxylic acid groups (broad SMARTS) is 1. The highest BCUT2D eigenvalue weighted by atomic mass is 16.7. The second-order valence-corrected chi connectivity index (χ2v) is 5.74. The van der Waals surface area contributed by atoms with Crippen molar-refractivity contribution in [1.82, 2.24) is 4.98 Å². The van der Waals surface area contributed by atoms with Crippen LogP contribution in [0.25, 0.3) is 5.57 Å². The Balaban J connectivity index is 2.41. The minimum absolute atomic E-state index is 0.0875. The lowest BCUT2D eigenvalue weighted by molar-refractivity contribution is -0.137. The monoisotopic (exact) mass is 379 g/mol. The van der Waals surface area contributed by atoms with Crippen LogP contribution in [0.3, 0.4) is 0 Å². The third kappa shape index (κ3) is 5.65. The number of carboxylic acids is 1. The number of anilines is 1. The second-order valence-electron chi connectivity index (χ2n) is 5.74. The van der Waals surface area contributed by atoms with Gasteiger partial charge in [0.15, 0.2) is 0 Å². The quantitative estimate of drug-likeness (QED) is 0.237. The van der Waals surface area contributed by atoms with Gasteiger partial charge in [0.2, 0.25) is 12.2 Å². The first-order valence-electron chi connectivity index (χ1n) is 8.56. The molecule has 0 aliphatic carbocycles. The van der Waals surface area contributed by atoms with Crippen LogP contribution in [0.4, 0.5) is 5.69 Å². The van der Waals surface area contributed by atoms with E-state index in [-0.39, 0.29) is 12.4 Å². The van der Waals surface area contributed by atoms with E-state index in [4.69, 9.17) is 20.9 Å². The van der Waals surface area contributed by atoms with Crippen molar-refractivity contribution in [2.45, 2.75) is 19.3 Å². The molecule has 1 heterocycles. The number of hydrogen-bond acceptors (Lipinski definition) is 5. The number of unbranched alkanes of at least 4 members (excludes halogenated alkanes) is 1. The summed E-state index contributed by atoms with van der Waals surface area (Å²) in [6, 6.07) is 11.1. The first-order valence-corrected chi connectivity index (χ1v) is 8.56. The Morgan fingerprint density at radius 2 is 2.18 bits per heavy atom. The molecule has 28 heavy (non-hydrogen) atoms. The van der Waals surface area contributed by atoms with Crippen LogP contribution < -0.4 is 10.8 Å². The molecule has 1 aromatic heterocycles. The van der Waals surface area contributed by atoms with Crippen molar-refractivity contribution in [3.05, 3.63) is 66.0 Å². The third-order valence-electron chi connectivity index (χ3n) is 3.86. The predicted octanol–water partition coefficient (Wildman–Crippen LogP) is 2.93. The van der Waals surface area contributed by atoms with E-state index in [1.807, 2.05) is 36.4 Å². The summed E-state index contributed by atoms with van der Waals surface area (Å²) in [4.78, 5) is 23.7. The van der Waals surface area contributed by atoms with Crippen LogP contribution in [-0.2, 0) is 9.63 Å². The number of guanidine groups is 1. The number of hydrogen-bond donors (Lipinski definition) is 2. The third-order valence-corrected chi connectivity index (χ3v) is 3.86. The van der Waals surface area contributed by atoms with Crippen molar-refractivity contribution in [3.8, 4) is 6.19 Å². The molecule has 0 saturated carbocycles. The Bertz CT molecular complexity index is 904. The molecule has 0 fully saturated rings. The molecule has 0 spiro atoms. The maximum atomic E-state index is 10.8. The van der Waals surface area contributed by atoms with Gasteiger partial charge in [0.25, 0.3) is 0 Å². The number of nitrogens with two attached hydrogens (primary N) is 1. The molecule has 0 unspecified atom stereocenters. The highest BCUT2D eigenvalue weighted by molar-refractivity contribution is 5.94. The number of nitriles is 1. The maximum absolute atomic E-state index is 10.8. The molecular weight excluding hydrogens is 358 g/mol. The number of nitrogens with zero attached hydrogens (tertiary/aromatic N) is 4. The van der Waals surface area contributed by atoms with Crippen LogP contribution in [0.2, 0.25) is 0 Å². The minimum atomic E-state index is -0.818. The highest BCUT2D eigenvalue weighted by Crippen LogP contribution is 2.27. The fraction of sp³-hybridized carbons (Fsp3) is 0.200. The van der Waals surface area contributed by atoms with Gasteiger partial charge in [-0.25, -0.2) is 0 Å². The molecule has 1 aromatic carbocycles. The normalized spacial score (nSPS) is 11.7. The fourth-order valence-corrected chi connectivity index (χ4v) is 2.65. The zero-order chi connectivity index (χ0) is 20.4. The summed E-state index contributed by atoms with van der Waals surface area (Å²) in [5.41, 5.74) is 9.06. The van der Waals surface area contributed by atoms with Crippen molar-refractivity contribution in [2.24, 2.45) is 10.7 Å². The van der Waals surface area contributed by atoms with E-state index in [2.05, 4.69) is 9.98 Å². The molecule has 0 atom stereocenters. The van der Waals surface area contributed by atoms with Crippen molar-refractivity contribution in [1.29, 1.82) is 5.26 Å². The Kier molecular flexibility index (Phi) is 7.69. The van der Waals surface area contributed by atoms with E-state index < -0.39 is 5.97 Å². The summed E-state index contributed by atoms with van der Waals surface area (Å²) >= 11 is 0. The molecule has 0 aliphatic heterocycles. The van der Waals surface area contributed by atoms with Gasteiger partial charge in [0.1, 0.15) is 0 Å². The summed E-state index contributed by atoms with van der Waals surface area (Å²) in [6.07, 6.45) is 8.30. The number of aliphatic carboxylic acids is 1. The molecule has 8 nitrogen and oxygen atoms in total. The van der Waals surface area contributed by atoms with E-state index in [0.717, 1.165) is 16.7 Å². The number of aliphatic imine (C=N–C) groups is 1. The van der Waals surface area contributed by atoms with Gasteiger partial charge in [-0.2, -0.15) is 10.3 Å². The van der Waals surface area contributed by atoms with Gasteiger partial charge in [-0.1, -0.05) is 24.3 Å². The summed E-state index contributed by atoms with van der Waals surface area (Å²) in [5, 5.41) is 18.8. The Labute approximate surface area is 163 Å². The first-order chi connectivity index (χ1) is 13.6. The Hall–Kier alpha value is -3.70. The molecule has 2 aromatic rings. The van der Waals surface area contributed by atoms with Gasteiger partial charge in [0.05, 0.1) is 12.8 Å². The molecule has 2 rings (SSSR count). The average Bonchev–Trinajstić information content (AvgIpc) is 2.69. The number of allylic oxidation sites excluding steroid dienone is 1. The largest absolute Gasteiger partial charge is 0.481 e. The minimum Gasteiger partial charge on any atom is -0.481 e. The number of rotatable bonds is 8. The van der Waals surface area contributed by atoms with Crippen molar-refractivity contribution >= 4 is 23.2 Å². The van der Waals surface area contributed by atoms with Crippen LogP contribution in [0.5, 0.6) is 0 Å². The molecule has 144 valence electrons. The number of pyridine rings is 1. The zero-order valence-corrected chi connectivity index (χ0v) is 15.4. The predicted molar refractivity (Wildman–Crippen MR) is 106 cm³/mol. The molecule has 0 bridgehead atoms. The summed E-state index contributed by atoms with van der Waals surface area (Å²) in [7, 11) is 1.43. The first kappa shape index (κ1) is 20.6. The van der Waals surface area contributed by atoms with Gasteiger partial charge in [-0.3, -0.25) is 14.6 Å². The topological polar surface area (TPSA) is 125 Å². The van der Waals surface area contributed by atoms with Crippen LogP contribution in [0.15, 0.2) is 59.9 Å². The van der Waals surface area contributed by atoms with Crippen molar-refractivity contribution < 1.29 is 14.7 Å². The van der Waals surface area contributed by atoms with Gasteiger partial charge >= 0.3 is 5.97 Å². The van der Waals surface area contributed by atoms with Gasteiger partial charge in [-0.05, 0) is 42.2 Å². The van der Waals surface area contributed by atoms with Crippen LogP contribution in [-0.4, -0.2) is 29.1 Å². The SMILES string of the molecule is CON(C(N)=NC#N)c1cccc(/C(=C\CCCC(=O)O)c2cccnc2)c1. The lowest BCUT2D eigenvalue weighted by Gasteiger charge is -2.20. The standard InChI is InChI=1S/C20H21N5O3/c1-28-25(20(22)24-14-21)17-8-4-6-15(12-17)18(9-2-3-10-19(26)27)16-7-5-11-23-13-16/h4-9,11-13H,2-3,10H2,1H3,(H2,22,24)(H,26,27)/b18-9+. The molecule has 8 heteroatoms.